The third-order valence-electron chi connectivity index (χ3n) is 2.86. The molecule has 0 aliphatic rings. The topological polar surface area (TPSA) is 69.6 Å². The number of fused-ring (bicyclic) bond motifs is 1. The van der Waals surface area contributed by atoms with Gasteiger partial charge in [0.2, 0.25) is 0 Å². The zero-order chi connectivity index (χ0) is 13.2. The van der Waals surface area contributed by atoms with E-state index in [9.17, 15) is 0 Å². The number of hydrogen-bond donors (Lipinski definition) is 1. The van der Waals surface area contributed by atoms with Gasteiger partial charge < -0.3 is 5.73 Å². The van der Waals surface area contributed by atoms with Gasteiger partial charge in [-0.3, -0.25) is 4.57 Å². The Morgan fingerprint density at radius 3 is 2.89 bits per heavy atom. The molecule has 1 aromatic carbocycles. The van der Waals surface area contributed by atoms with E-state index < -0.39 is 0 Å². The summed E-state index contributed by atoms with van der Waals surface area (Å²) in [6.45, 7) is 0.520. The Labute approximate surface area is 115 Å². The first-order chi connectivity index (χ1) is 9.31. The number of para-hydroxylation sites is 2. The van der Waals surface area contributed by atoms with E-state index in [1.807, 2.05) is 28.8 Å². The molecule has 0 amide bonds. The van der Waals surface area contributed by atoms with Crippen LogP contribution in [-0.2, 0) is 6.42 Å². The normalized spacial score (nSPS) is 11.1. The molecule has 0 spiro atoms. The van der Waals surface area contributed by atoms with Gasteiger partial charge in [0, 0.05) is 6.42 Å². The zero-order valence-electron chi connectivity index (χ0n) is 10.1. The predicted molar refractivity (Wildman–Crippen MR) is 74.4 cm³/mol. The van der Waals surface area contributed by atoms with Gasteiger partial charge in [0.25, 0.3) is 0 Å². The summed E-state index contributed by atoms with van der Waals surface area (Å²) in [4.78, 5) is 12.7. The molecule has 0 saturated carbocycles. The van der Waals surface area contributed by atoms with Gasteiger partial charge in [-0.15, -0.1) is 0 Å². The average molecular weight is 274 g/mol. The Kier molecular flexibility index (Phi) is 3.15. The molecule has 2 N–H and O–H groups in total. The number of benzene rings is 1. The molecule has 0 bridgehead atoms. The Morgan fingerprint density at radius 1 is 1.26 bits per heavy atom. The number of halogens is 1. The van der Waals surface area contributed by atoms with Crippen LogP contribution >= 0.6 is 11.6 Å². The molecule has 0 saturated heterocycles. The molecule has 5 nitrogen and oxygen atoms in total. The maximum absolute atomic E-state index is 6.18. The molecule has 0 fully saturated rings. The summed E-state index contributed by atoms with van der Waals surface area (Å²) >= 11 is 6.18. The predicted octanol–water partition coefficient (Wildman–Crippen LogP) is 1.97. The number of nitrogens with zero attached hydrogens (tertiary/aromatic N) is 4. The standard InChI is InChI=1S/C13H12ClN5/c14-9-7-16-8-17-13(9)19-11-4-2-1-3-10(11)18-12(19)5-6-15/h1-4,7-8H,5-6,15H2. The van der Waals surface area contributed by atoms with Crippen molar-refractivity contribution in [3.8, 4) is 5.82 Å². The van der Waals surface area contributed by atoms with E-state index >= 15 is 0 Å². The number of hydrogen-bond acceptors (Lipinski definition) is 4. The lowest BCUT2D eigenvalue weighted by molar-refractivity contribution is 0.832. The lowest BCUT2D eigenvalue weighted by atomic mass is 10.3. The van der Waals surface area contributed by atoms with E-state index in [-0.39, 0.29) is 0 Å². The fourth-order valence-electron chi connectivity index (χ4n) is 2.08. The highest BCUT2D eigenvalue weighted by Gasteiger charge is 2.14. The minimum Gasteiger partial charge on any atom is -0.330 e. The van der Waals surface area contributed by atoms with Crippen LogP contribution in [0.25, 0.3) is 16.9 Å². The van der Waals surface area contributed by atoms with Crippen molar-refractivity contribution in [1.82, 2.24) is 19.5 Å². The Bertz CT molecular complexity index is 722. The van der Waals surface area contributed by atoms with E-state index in [2.05, 4.69) is 15.0 Å². The van der Waals surface area contributed by atoms with Gasteiger partial charge in [-0.05, 0) is 18.7 Å². The number of aromatic nitrogens is 4. The third-order valence-corrected chi connectivity index (χ3v) is 3.12. The van der Waals surface area contributed by atoms with Crippen LogP contribution in [0.3, 0.4) is 0 Å². The molecule has 0 aliphatic carbocycles. The first-order valence-electron chi connectivity index (χ1n) is 5.93. The molecular weight excluding hydrogens is 262 g/mol. The number of imidazole rings is 1. The van der Waals surface area contributed by atoms with Gasteiger partial charge in [-0.1, -0.05) is 23.7 Å². The van der Waals surface area contributed by atoms with Gasteiger partial charge in [-0.2, -0.15) is 0 Å². The Balaban J connectivity index is 2.31. The van der Waals surface area contributed by atoms with Crippen LogP contribution in [0.2, 0.25) is 5.02 Å². The summed E-state index contributed by atoms with van der Waals surface area (Å²) in [5.74, 6) is 1.48. The van der Waals surface area contributed by atoms with Crippen LogP contribution in [0.1, 0.15) is 5.82 Å². The fraction of sp³-hybridized carbons (Fsp3) is 0.154. The summed E-state index contributed by atoms with van der Waals surface area (Å²) in [7, 11) is 0. The van der Waals surface area contributed by atoms with Gasteiger partial charge in [0.15, 0.2) is 5.82 Å². The van der Waals surface area contributed by atoms with Crippen LogP contribution < -0.4 is 5.73 Å². The first-order valence-corrected chi connectivity index (χ1v) is 6.31. The maximum Gasteiger partial charge on any atom is 0.160 e. The summed E-state index contributed by atoms with van der Waals surface area (Å²) in [6.07, 6.45) is 3.71. The molecule has 2 heterocycles. The summed E-state index contributed by atoms with van der Waals surface area (Å²) in [5, 5.41) is 0.490. The second kappa shape index (κ2) is 4.95. The average Bonchev–Trinajstić information content (AvgIpc) is 2.78. The SMILES string of the molecule is NCCc1nc2ccccc2n1-c1ncncc1Cl. The van der Waals surface area contributed by atoms with Crippen molar-refractivity contribution in [3.05, 3.63) is 47.6 Å². The third kappa shape index (κ3) is 2.07. The van der Waals surface area contributed by atoms with Gasteiger partial charge in [-0.25, -0.2) is 15.0 Å². The second-order valence-corrected chi connectivity index (χ2v) is 4.49. The highest BCUT2D eigenvalue weighted by Crippen LogP contribution is 2.24. The van der Waals surface area contributed by atoms with Gasteiger partial charge in [0.1, 0.15) is 17.2 Å². The molecule has 0 radical (unpaired) electrons. The van der Waals surface area contributed by atoms with Crippen LogP contribution in [0.4, 0.5) is 0 Å². The minimum atomic E-state index is 0.490. The minimum absolute atomic E-state index is 0.490. The molecular formula is C13H12ClN5. The molecule has 2 aromatic heterocycles. The molecule has 96 valence electrons. The van der Waals surface area contributed by atoms with Crippen LogP contribution in [-0.4, -0.2) is 26.1 Å². The van der Waals surface area contributed by atoms with E-state index in [1.54, 1.807) is 6.20 Å². The molecule has 3 rings (SSSR count). The van der Waals surface area contributed by atoms with E-state index in [0.717, 1.165) is 16.9 Å². The van der Waals surface area contributed by atoms with Gasteiger partial charge >= 0.3 is 0 Å². The molecule has 6 heteroatoms. The van der Waals surface area contributed by atoms with E-state index in [0.29, 0.717) is 23.8 Å². The first kappa shape index (κ1) is 12.1. The maximum atomic E-state index is 6.18. The lowest BCUT2D eigenvalue weighted by Crippen LogP contribution is -2.10. The van der Waals surface area contributed by atoms with Crippen molar-refractivity contribution in [2.45, 2.75) is 6.42 Å². The van der Waals surface area contributed by atoms with Gasteiger partial charge in [0.05, 0.1) is 17.2 Å². The highest BCUT2D eigenvalue weighted by molar-refractivity contribution is 6.32. The smallest absolute Gasteiger partial charge is 0.160 e. The molecule has 19 heavy (non-hydrogen) atoms. The van der Waals surface area contributed by atoms with Crippen molar-refractivity contribution >= 4 is 22.6 Å². The monoisotopic (exact) mass is 273 g/mol. The van der Waals surface area contributed by atoms with Crippen LogP contribution in [0.15, 0.2) is 36.8 Å². The summed E-state index contributed by atoms with van der Waals surface area (Å²) in [5.41, 5.74) is 7.52. The highest BCUT2D eigenvalue weighted by atomic mass is 35.5. The molecule has 0 unspecified atom stereocenters. The molecule has 0 aliphatic heterocycles. The Morgan fingerprint density at radius 2 is 2.11 bits per heavy atom. The van der Waals surface area contributed by atoms with E-state index in [1.165, 1.54) is 6.33 Å². The largest absolute Gasteiger partial charge is 0.330 e. The van der Waals surface area contributed by atoms with Crippen molar-refractivity contribution in [2.75, 3.05) is 6.54 Å². The Hall–Kier alpha value is -1.98. The number of nitrogens with two attached hydrogens (primary N) is 1. The van der Waals surface area contributed by atoms with Crippen molar-refractivity contribution in [1.29, 1.82) is 0 Å². The molecule has 3 aromatic rings. The number of rotatable bonds is 3. The van der Waals surface area contributed by atoms with Crippen LogP contribution in [0, 0.1) is 0 Å². The van der Waals surface area contributed by atoms with Crippen molar-refractivity contribution in [2.24, 2.45) is 5.73 Å². The zero-order valence-corrected chi connectivity index (χ0v) is 10.9. The van der Waals surface area contributed by atoms with Crippen molar-refractivity contribution < 1.29 is 0 Å². The van der Waals surface area contributed by atoms with Crippen LogP contribution in [0.5, 0.6) is 0 Å². The second-order valence-electron chi connectivity index (χ2n) is 4.09. The van der Waals surface area contributed by atoms with Crippen molar-refractivity contribution in [3.63, 3.8) is 0 Å². The lowest BCUT2D eigenvalue weighted by Gasteiger charge is -2.08. The summed E-state index contributed by atoms with van der Waals surface area (Å²) in [6, 6.07) is 7.86. The quantitative estimate of drug-likeness (QED) is 0.792. The molecule has 0 atom stereocenters. The van der Waals surface area contributed by atoms with E-state index in [4.69, 9.17) is 17.3 Å². The summed E-state index contributed by atoms with van der Waals surface area (Å²) < 4.78 is 1.94. The fourth-order valence-corrected chi connectivity index (χ4v) is 2.27.